The van der Waals surface area contributed by atoms with Crippen molar-refractivity contribution >= 4 is 0 Å². The van der Waals surface area contributed by atoms with Crippen molar-refractivity contribution in [3.8, 4) is 0 Å². The third kappa shape index (κ3) is 7.02. The Morgan fingerprint density at radius 1 is 1.20 bits per heavy atom. The van der Waals surface area contributed by atoms with Crippen LogP contribution in [0.5, 0.6) is 0 Å². The molecule has 0 radical (unpaired) electrons. The molecule has 0 aromatic heterocycles. The molecule has 0 spiro atoms. The Bertz CT molecular complexity index is 248. The van der Waals surface area contributed by atoms with Gasteiger partial charge < -0.3 is 19.9 Å². The molecule has 0 aromatic carbocycles. The van der Waals surface area contributed by atoms with Gasteiger partial charge in [0, 0.05) is 12.6 Å². The lowest BCUT2D eigenvalue weighted by atomic mass is 9.78. The van der Waals surface area contributed by atoms with Gasteiger partial charge in [0.15, 0.2) is 0 Å². The van der Waals surface area contributed by atoms with Gasteiger partial charge in [-0.25, -0.2) is 0 Å². The molecule has 1 aliphatic rings. The van der Waals surface area contributed by atoms with Gasteiger partial charge in [0.05, 0.1) is 32.0 Å². The summed E-state index contributed by atoms with van der Waals surface area (Å²) in [7, 11) is 0. The van der Waals surface area contributed by atoms with Crippen LogP contribution in [0.15, 0.2) is 0 Å². The highest BCUT2D eigenvalue weighted by Gasteiger charge is 2.26. The van der Waals surface area contributed by atoms with E-state index in [1.165, 1.54) is 19.3 Å². The van der Waals surface area contributed by atoms with Crippen molar-refractivity contribution in [1.82, 2.24) is 5.32 Å². The van der Waals surface area contributed by atoms with Crippen molar-refractivity contribution < 1.29 is 14.6 Å². The number of nitrogens with one attached hydrogen (secondary N) is 1. The van der Waals surface area contributed by atoms with Crippen LogP contribution in [-0.2, 0) is 9.47 Å². The second-order valence-electron chi connectivity index (χ2n) is 6.43. The van der Waals surface area contributed by atoms with E-state index in [9.17, 15) is 5.11 Å². The number of aliphatic hydroxyl groups excluding tert-OH is 1. The van der Waals surface area contributed by atoms with Crippen molar-refractivity contribution in [1.29, 1.82) is 0 Å². The molecule has 20 heavy (non-hydrogen) atoms. The first-order valence-electron chi connectivity index (χ1n) is 8.11. The summed E-state index contributed by atoms with van der Waals surface area (Å²) in [6, 6.07) is 0.540. The molecule has 0 saturated heterocycles. The normalized spacial score (nSPS) is 28.8. The van der Waals surface area contributed by atoms with Crippen LogP contribution >= 0.6 is 0 Å². The molecule has 1 rings (SSSR count). The van der Waals surface area contributed by atoms with Crippen LogP contribution in [0.25, 0.3) is 0 Å². The first-order chi connectivity index (χ1) is 9.50. The van der Waals surface area contributed by atoms with E-state index in [2.05, 4.69) is 19.2 Å². The molecule has 0 aromatic rings. The quantitative estimate of drug-likeness (QED) is 0.638. The van der Waals surface area contributed by atoms with Gasteiger partial charge >= 0.3 is 0 Å². The fraction of sp³-hybridized carbons (Fsp3) is 1.00. The molecular formula is C16H33NO3. The molecule has 120 valence electrons. The molecular weight excluding hydrogens is 254 g/mol. The predicted molar refractivity (Wildman–Crippen MR) is 81.9 cm³/mol. The van der Waals surface area contributed by atoms with Gasteiger partial charge in [0.25, 0.3) is 0 Å². The number of hydrogen-bond acceptors (Lipinski definition) is 4. The van der Waals surface area contributed by atoms with Crippen molar-refractivity contribution in [3.63, 3.8) is 0 Å². The second kappa shape index (κ2) is 9.72. The van der Waals surface area contributed by atoms with Gasteiger partial charge in [0.1, 0.15) is 0 Å². The van der Waals surface area contributed by atoms with Gasteiger partial charge in [-0.15, -0.1) is 0 Å². The van der Waals surface area contributed by atoms with Gasteiger partial charge in [0.2, 0.25) is 0 Å². The summed E-state index contributed by atoms with van der Waals surface area (Å²) in [5.74, 6) is 1.47. The lowest BCUT2D eigenvalue weighted by molar-refractivity contribution is -0.0114. The highest BCUT2D eigenvalue weighted by Crippen LogP contribution is 2.29. The number of ether oxygens (including phenoxy) is 2. The van der Waals surface area contributed by atoms with Crippen LogP contribution in [0.1, 0.15) is 47.0 Å². The minimum Gasteiger partial charge on any atom is -0.389 e. The summed E-state index contributed by atoms with van der Waals surface area (Å²) < 4.78 is 10.8. The van der Waals surface area contributed by atoms with Crippen molar-refractivity contribution in [3.05, 3.63) is 0 Å². The van der Waals surface area contributed by atoms with Crippen molar-refractivity contribution in [2.24, 2.45) is 11.8 Å². The largest absolute Gasteiger partial charge is 0.389 e. The molecule has 4 nitrogen and oxygen atoms in total. The lowest BCUT2D eigenvalue weighted by Gasteiger charge is -2.35. The Labute approximate surface area is 124 Å². The third-order valence-electron chi connectivity index (χ3n) is 4.31. The van der Waals surface area contributed by atoms with Crippen LogP contribution in [0, 0.1) is 11.8 Å². The number of aliphatic hydroxyl groups is 1. The van der Waals surface area contributed by atoms with Crippen molar-refractivity contribution in [2.45, 2.75) is 65.2 Å². The molecule has 1 fully saturated rings. The average molecular weight is 287 g/mol. The maximum atomic E-state index is 9.91. The summed E-state index contributed by atoms with van der Waals surface area (Å²) in [6.45, 7) is 10.8. The molecule has 2 N–H and O–H groups in total. The van der Waals surface area contributed by atoms with Gasteiger partial charge in [-0.3, -0.25) is 0 Å². The van der Waals surface area contributed by atoms with Crippen LogP contribution in [0.2, 0.25) is 0 Å². The van der Waals surface area contributed by atoms with E-state index in [-0.39, 0.29) is 6.10 Å². The number of hydrogen-bond donors (Lipinski definition) is 2. The highest BCUT2D eigenvalue weighted by molar-refractivity contribution is 4.82. The van der Waals surface area contributed by atoms with Crippen LogP contribution < -0.4 is 5.32 Å². The van der Waals surface area contributed by atoms with E-state index in [0.717, 1.165) is 5.92 Å². The minimum absolute atomic E-state index is 0.236. The summed E-state index contributed by atoms with van der Waals surface area (Å²) >= 11 is 0. The lowest BCUT2D eigenvalue weighted by Crippen LogP contribution is -2.44. The van der Waals surface area contributed by atoms with E-state index in [1.807, 2.05) is 13.8 Å². The van der Waals surface area contributed by atoms with Crippen LogP contribution in [0.4, 0.5) is 0 Å². The Kier molecular flexibility index (Phi) is 8.69. The molecule has 0 aliphatic heterocycles. The fourth-order valence-corrected chi connectivity index (χ4v) is 2.78. The van der Waals surface area contributed by atoms with Crippen molar-refractivity contribution in [2.75, 3.05) is 26.4 Å². The Hall–Kier alpha value is -0.160. The van der Waals surface area contributed by atoms with E-state index >= 15 is 0 Å². The minimum atomic E-state index is -0.432. The van der Waals surface area contributed by atoms with Crippen LogP contribution in [0.3, 0.4) is 0 Å². The molecule has 0 heterocycles. The smallest absolute Gasteiger partial charge is 0.0897 e. The standard InChI is InChI=1S/C16H33NO3/c1-12(2)20-9-8-19-11-15(18)10-17-16-7-5-6-13(3)14(16)4/h12-18H,5-11H2,1-4H3. The fourth-order valence-electron chi connectivity index (χ4n) is 2.78. The molecule has 4 atom stereocenters. The molecule has 4 unspecified atom stereocenters. The van der Waals surface area contributed by atoms with Gasteiger partial charge in [-0.2, -0.15) is 0 Å². The zero-order valence-electron chi connectivity index (χ0n) is 13.6. The zero-order chi connectivity index (χ0) is 15.0. The first-order valence-corrected chi connectivity index (χ1v) is 8.11. The Morgan fingerprint density at radius 3 is 2.65 bits per heavy atom. The van der Waals surface area contributed by atoms with Crippen LogP contribution in [-0.4, -0.2) is 49.7 Å². The number of rotatable bonds is 9. The predicted octanol–water partition coefficient (Wildman–Crippen LogP) is 2.20. The molecule has 0 amide bonds. The average Bonchev–Trinajstić information content (AvgIpc) is 2.39. The molecule has 1 saturated carbocycles. The summed E-state index contributed by atoms with van der Waals surface area (Å²) in [5.41, 5.74) is 0. The SMILES string of the molecule is CC(C)OCCOCC(O)CNC1CCCC(C)C1C. The first kappa shape index (κ1) is 17.9. The highest BCUT2D eigenvalue weighted by atomic mass is 16.5. The molecule has 1 aliphatic carbocycles. The third-order valence-corrected chi connectivity index (χ3v) is 4.31. The Morgan fingerprint density at radius 2 is 1.95 bits per heavy atom. The van der Waals surface area contributed by atoms with Gasteiger partial charge in [-0.05, 0) is 32.1 Å². The monoisotopic (exact) mass is 287 g/mol. The van der Waals surface area contributed by atoms with E-state index in [1.54, 1.807) is 0 Å². The van der Waals surface area contributed by atoms with E-state index in [4.69, 9.17) is 9.47 Å². The summed E-state index contributed by atoms with van der Waals surface area (Å²) in [5, 5.41) is 13.4. The summed E-state index contributed by atoms with van der Waals surface area (Å²) in [6.07, 6.45) is 3.66. The maximum absolute atomic E-state index is 9.91. The Balaban J connectivity index is 2.06. The zero-order valence-corrected chi connectivity index (χ0v) is 13.6. The molecule has 0 bridgehead atoms. The van der Waals surface area contributed by atoms with Gasteiger partial charge in [-0.1, -0.05) is 26.7 Å². The maximum Gasteiger partial charge on any atom is 0.0897 e. The van der Waals surface area contributed by atoms with E-state index < -0.39 is 6.10 Å². The molecule has 4 heteroatoms. The topological polar surface area (TPSA) is 50.7 Å². The van der Waals surface area contributed by atoms with E-state index in [0.29, 0.717) is 38.3 Å². The summed E-state index contributed by atoms with van der Waals surface area (Å²) in [4.78, 5) is 0. The second-order valence-corrected chi connectivity index (χ2v) is 6.43.